The maximum absolute atomic E-state index is 13.0. The Kier molecular flexibility index (Phi) is 12.7. The zero-order valence-electron chi connectivity index (χ0n) is 25.3. The molecule has 1 heterocycles. The Morgan fingerprint density at radius 1 is 0.860 bits per heavy atom. The minimum absolute atomic E-state index is 0.0250. The van der Waals surface area contributed by atoms with E-state index in [9.17, 15) is 9.59 Å². The van der Waals surface area contributed by atoms with Gasteiger partial charge in [-0.25, -0.2) is 0 Å². The Hall–Kier alpha value is -4.07. The molecule has 3 atom stereocenters. The van der Waals surface area contributed by atoms with Gasteiger partial charge in [0.15, 0.2) is 0 Å². The van der Waals surface area contributed by atoms with Gasteiger partial charge in [-0.15, -0.1) is 0 Å². The lowest BCUT2D eigenvalue weighted by Gasteiger charge is -2.24. The van der Waals surface area contributed by atoms with E-state index in [0.717, 1.165) is 29.5 Å². The van der Waals surface area contributed by atoms with Crippen LogP contribution in [0.3, 0.4) is 0 Å². The number of nitrogens with zero attached hydrogens (tertiary/aromatic N) is 1. The number of carbonyl (C=O) groups is 2. The highest BCUT2D eigenvalue weighted by molar-refractivity contribution is 5.88. The number of carbonyl (C=O) groups excluding carboxylic acids is 2. The third-order valence-electron chi connectivity index (χ3n) is 7.88. The minimum Gasteiger partial charge on any atom is -0.375 e. The van der Waals surface area contributed by atoms with Gasteiger partial charge in [-0.1, -0.05) is 93.1 Å². The number of hydrogen-bond donors (Lipinski definition) is 3. The van der Waals surface area contributed by atoms with Crippen LogP contribution in [-0.4, -0.2) is 35.5 Å². The molecule has 7 heteroatoms. The Balaban J connectivity index is 1.29. The van der Waals surface area contributed by atoms with Gasteiger partial charge in [-0.2, -0.15) is 0 Å². The molecule has 3 aromatic carbocycles. The van der Waals surface area contributed by atoms with Crippen LogP contribution in [0.5, 0.6) is 0 Å². The lowest BCUT2D eigenvalue weighted by molar-refractivity contribution is -0.130. The van der Waals surface area contributed by atoms with E-state index in [0.29, 0.717) is 39.1 Å². The summed E-state index contributed by atoms with van der Waals surface area (Å²) in [5.74, 6) is -0.230. The maximum Gasteiger partial charge on any atom is 0.243 e. The number of fused-ring (bicyclic) bond motifs is 1. The van der Waals surface area contributed by atoms with Crippen molar-refractivity contribution < 1.29 is 14.3 Å². The third-order valence-corrected chi connectivity index (χ3v) is 7.88. The monoisotopic (exact) mass is 580 g/mol. The molecule has 3 unspecified atom stereocenters. The van der Waals surface area contributed by atoms with Crippen LogP contribution in [-0.2, 0) is 34.0 Å². The van der Waals surface area contributed by atoms with Crippen molar-refractivity contribution in [3.8, 4) is 0 Å². The summed E-state index contributed by atoms with van der Waals surface area (Å²) in [6, 6.07) is 27.9. The normalized spacial score (nSPS) is 13.3. The van der Waals surface area contributed by atoms with E-state index in [-0.39, 0.29) is 23.8 Å². The van der Waals surface area contributed by atoms with Crippen LogP contribution in [0.15, 0.2) is 97.3 Å². The first-order chi connectivity index (χ1) is 21.0. The SMILES string of the molecule is CCC(C)C(NC(=O)CCCC(COCc1cccc2ccccc12)NCc1ccncc1)C(=O)NCc1ccccc1. The first-order valence-electron chi connectivity index (χ1n) is 15.3. The molecule has 1 aromatic heterocycles. The van der Waals surface area contributed by atoms with Crippen molar-refractivity contribution in [2.75, 3.05) is 6.61 Å². The molecule has 0 saturated carbocycles. The highest BCUT2D eigenvalue weighted by atomic mass is 16.5. The first kappa shape index (κ1) is 31.9. The Bertz CT molecular complexity index is 1410. The highest BCUT2D eigenvalue weighted by Crippen LogP contribution is 2.19. The molecule has 0 aliphatic heterocycles. The van der Waals surface area contributed by atoms with Crippen molar-refractivity contribution in [2.24, 2.45) is 5.92 Å². The predicted molar refractivity (Wildman–Crippen MR) is 172 cm³/mol. The Morgan fingerprint density at radius 3 is 2.37 bits per heavy atom. The van der Waals surface area contributed by atoms with Gasteiger partial charge in [0, 0.05) is 37.9 Å². The molecule has 0 aliphatic carbocycles. The molecule has 226 valence electrons. The van der Waals surface area contributed by atoms with E-state index in [2.05, 4.69) is 57.3 Å². The summed E-state index contributed by atoms with van der Waals surface area (Å²) >= 11 is 0. The summed E-state index contributed by atoms with van der Waals surface area (Å²) in [5, 5.41) is 12.0. The van der Waals surface area contributed by atoms with Crippen LogP contribution >= 0.6 is 0 Å². The second kappa shape index (κ2) is 17.1. The van der Waals surface area contributed by atoms with Gasteiger partial charge in [0.2, 0.25) is 11.8 Å². The summed E-state index contributed by atoms with van der Waals surface area (Å²) in [6.07, 6.45) is 6.15. The molecule has 0 radical (unpaired) electrons. The zero-order valence-corrected chi connectivity index (χ0v) is 25.3. The lowest BCUT2D eigenvalue weighted by Crippen LogP contribution is -2.50. The summed E-state index contributed by atoms with van der Waals surface area (Å²) in [5.41, 5.74) is 3.33. The molecule has 43 heavy (non-hydrogen) atoms. The van der Waals surface area contributed by atoms with E-state index >= 15 is 0 Å². The average Bonchev–Trinajstić information content (AvgIpc) is 3.05. The quantitative estimate of drug-likeness (QED) is 0.144. The number of pyridine rings is 1. The number of aromatic nitrogens is 1. The van der Waals surface area contributed by atoms with Crippen LogP contribution in [0.1, 0.15) is 56.2 Å². The minimum atomic E-state index is -0.564. The largest absolute Gasteiger partial charge is 0.375 e. The summed E-state index contributed by atoms with van der Waals surface area (Å²) in [6.45, 7) is 6.20. The lowest BCUT2D eigenvalue weighted by atomic mass is 9.97. The average molecular weight is 581 g/mol. The second-order valence-electron chi connectivity index (χ2n) is 11.1. The maximum atomic E-state index is 13.0. The fourth-order valence-electron chi connectivity index (χ4n) is 5.09. The molecule has 0 fully saturated rings. The number of amides is 2. The van der Waals surface area contributed by atoms with Gasteiger partial charge < -0.3 is 20.7 Å². The third kappa shape index (κ3) is 10.3. The van der Waals surface area contributed by atoms with Gasteiger partial charge in [-0.3, -0.25) is 14.6 Å². The molecule has 0 spiro atoms. The van der Waals surface area contributed by atoms with Crippen molar-refractivity contribution in [3.05, 3.63) is 114 Å². The molecule has 2 amide bonds. The topological polar surface area (TPSA) is 92.3 Å². The van der Waals surface area contributed by atoms with Gasteiger partial charge in [0.05, 0.1) is 13.2 Å². The zero-order chi connectivity index (χ0) is 30.3. The van der Waals surface area contributed by atoms with Crippen LogP contribution in [0.4, 0.5) is 0 Å². The van der Waals surface area contributed by atoms with Crippen molar-refractivity contribution in [2.45, 2.75) is 71.3 Å². The number of hydrogen-bond acceptors (Lipinski definition) is 5. The summed E-state index contributed by atoms with van der Waals surface area (Å²) in [7, 11) is 0. The standard InChI is InChI=1S/C36H44N4O3/c1-3-27(2)35(36(42)39-24-28-11-5-4-6-12-28)40-34(41)18-10-16-32(38-23-29-19-21-37-22-20-29)26-43-25-31-15-9-14-30-13-7-8-17-33(30)31/h4-9,11-15,17,19-22,27,32,35,38H,3,10,16,18,23-26H2,1-2H3,(H,39,42)(H,40,41). The van der Waals surface area contributed by atoms with E-state index in [1.54, 1.807) is 12.4 Å². The molecular formula is C36H44N4O3. The molecule has 0 bridgehead atoms. The summed E-state index contributed by atoms with van der Waals surface area (Å²) < 4.78 is 6.21. The smallest absolute Gasteiger partial charge is 0.243 e. The molecule has 7 nitrogen and oxygen atoms in total. The molecule has 4 rings (SSSR count). The van der Waals surface area contributed by atoms with E-state index in [4.69, 9.17) is 4.74 Å². The van der Waals surface area contributed by atoms with Crippen LogP contribution in [0.25, 0.3) is 10.8 Å². The molecule has 0 aliphatic rings. The van der Waals surface area contributed by atoms with Crippen molar-refractivity contribution in [1.82, 2.24) is 20.9 Å². The van der Waals surface area contributed by atoms with Crippen molar-refractivity contribution >= 4 is 22.6 Å². The Labute approximate surface area is 255 Å². The van der Waals surface area contributed by atoms with E-state index in [1.807, 2.05) is 62.4 Å². The first-order valence-corrected chi connectivity index (χ1v) is 15.3. The van der Waals surface area contributed by atoms with Crippen LogP contribution in [0, 0.1) is 5.92 Å². The van der Waals surface area contributed by atoms with Gasteiger partial charge in [0.1, 0.15) is 6.04 Å². The highest BCUT2D eigenvalue weighted by Gasteiger charge is 2.25. The van der Waals surface area contributed by atoms with E-state index in [1.165, 1.54) is 10.8 Å². The number of nitrogens with one attached hydrogen (secondary N) is 3. The number of ether oxygens (including phenoxy) is 1. The molecular weight excluding hydrogens is 536 g/mol. The van der Waals surface area contributed by atoms with Crippen LogP contribution in [0.2, 0.25) is 0 Å². The fraction of sp³-hybridized carbons (Fsp3) is 0.361. The molecule has 4 aromatic rings. The predicted octanol–water partition coefficient (Wildman–Crippen LogP) is 5.93. The van der Waals surface area contributed by atoms with Crippen molar-refractivity contribution in [3.63, 3.8) is 0 Å². The second-order valence-corrected chi connectivity index (χ2v) is 11.1. The van der Waals surface area contributed by atoms with Crippen LogP contribution < -0.4 is 16.0 Å². The van der Waals surface area contributed by atoms with Gasteiger partial charge in [-0.05, 0) is 58.4 Å². The fourth-order valence-corrected chi connectivity index (χ4v) is 5.09. The molecule has 3 N–H and O–H groups in total. The van der Waals surface area contributed by atoms with Crippen molar-refractivity contribution in [1.29, 1.82) is 0 Å². The molecule has 0 saturated heterocycles. The number of benzene rings is 3. The Morgan fingerprint density at radius 2 is 1.58 bits per heavy atom. The number of rotatable bonds is 17. The van der Waals surface area contributed by atoms with E-state index < -0.39 is 6.04 Å². The van der Waals surface area contributed by atoms with Gasteiger partial charge in [0.25, 0.3) is 0 Å². The summed E-state index contributed by atoms with van der Waals surface area (Å²) in [4.78, 5) is 30.1. The van der Waals surface area contributed by atoms with Gasteiger partial charge >= 0.3 is 0 Å².